The van der Waals surface area contributed by atoms with E-state index in [-0.39, 0.29) is 17.5 Å². The number of aryl methyl sites for hydroxylation is 1. The minimum absolute atomic E-state index is 0.178. The molecule has 0 radical (unpaired) electrons. The van der Waals surface area contributed by atoms with E-state index in [4.69, 9.17) is 0 Å². The monoisotopic (exact) mass is 313 g/mol. The van der Waals surface area contributed by atoms with Gasteiger partial charge in [-0.2, -0.15) is 5.10 Å². The minimum atomic E-state index is -0.595. The van der Waals surface area contributed by atoms with Crippen molar-refractivity contribution in [2.75, 3.05) is 0 Å². The average Bonchev–Trinajstić information content (AvgIpc) is 3.00. The maximum Gasteiger partial charge on any atom is 0.272 e. The highest BCUT2D eigenvalue weighted by molar-refractivity contribution is 5.92. The molecule has 1 amide bonds. The smallest absolute Gasteiger partial charge is 0.272 e. The van der Waals surface area contributed by atoms with Crippen molar-refractivity contribution in [2.24, 2.45) is 0 Å². The number of benzene rings is 1. The predicted molar refractivity (Wildman–Crippen MR) is 88.3 cm³/mol. The quantitative estimate of drug-likeness (QED) is 0.894. The van der Waals surface area contributed by atoms with Crippen LogP contribution in [0.1, 0.15) is 54.1 Å². The minimum Gasteiger partial charge on any atom is -0.390 e. The van der Waals surface area contributed by atoms with Crippen LogP contribution in [0.15, 0.2) is 30.3 Å². The van der Waals surface area contributed by atoms with Gasteiger partial charge in [-0.05, 0) is 44.9 Å². The van der Waals surface area contributed by atoms with E-state index in [1.54, 1.807) is 6.07 Å². The highest BCUT2D eigenvalue weighted by Crippen LogP contribution is 2.31. The molecule has 0 saturated carbocycles. The molecule has 1 aliphatic rings. The molecular formula is C18H23N3O2. The lowest BCUT2D eigenvalue weighted by atomic mass is 10.1. The fourth-order valence-electron chi connectivity index (χ4n) is 3.23. The molecular weight excluding hydrogens is 290 g/mol. The van der Waals surface area contributed by atoms with Gasteiger partial charge >= 0.3 is 0 Å². The van der Waals surface area contributed by atoms with Crippen LogP contribution in [-0.4, -0.2) is 26.9 Å². The van der Waals surface area contributed by atoms with Gasteiger partial charge in [-0.25, -0.2) is 0 Å². The number of rotatable bonds is 2. The number of nitrogens with zero attached hydrogens (tertiary/aromatic N) is 2. The van der Waals surface area contributed by atoms with Gasteiger partial charge in [-0.3, -0.25) is 9.48 Å². The van der Waals surface area contributed by atoms with Crippen molar-refractivity contribution in [3.05, 3.63) is 52.8 Å². The van der Waals surface area contributed by atoms with Gasteiger partial charge in [0, 0.05) is 12.1 Å². The molecule has 2 atom stereocenters. The molecule has 0 aliphatic heterocycles. The number of amides is 1. The summed E-state index contributed by atoms with van der Waals surface area (Å²) in [4.78, 5) is 12.6. The summed E-state index contributed by atoms with van der Waals surface area (Å²) >= 11 is 0. The molecule has 0 bridgehead atoms. The maximum absolute atomic E-state index is 12.6. The summed E-state index contributed by atoms with van der Waals surface area (Å²) < 4.78 is 1.85. The molecule has 0 spiro atoms. The van der Waals surface area contributed by atoms with E-state index in [2.05, 4.69) is 10.4 Å². The Balaban J connectivity index is 1.83. The van der Waals surface area contributed by atoms with Gasteiger partial charge in [0.25, 0.3) is 5.91 Å². The van der Waals surface area contributed by atoms with E-state index in [1.807, 2.05) is 56.6 Å². The first-order valence-electron chi connectivity index (χ1n) is 7.91. The third kappa shape index (κ3) is 2.88. The zero-order valence-corrected chi connectivity index (χ0v) is 14.0. The third-order valence-electron chi connectivity index (χ3n) is 4.25. The SMILES string of the molecule is Cc1cc(C(=O)NC2c3ccccc3CC2O)nn1C(C)(C)C. The van der Waals surface area contributed by atoms with Crippen LogP contribution in [0.5, 0.6) is 0 Å². The lowest BCUT2D eigenvalue weighted by Gasteiger charge is -2.21. The lowest BCUT2D eigenvalue weighted by Crippen LogP contribution is -2.34. The molecule has 23 heavy (non-hydrogen) atoms. The van der Waals surface area contributed by atoms with Gasteiger partial charge in [-0.1, -0.05) is 24.3 Å². The molecule has 0 fully saturated rings. The summed E-state index contributed by atoms with van der Waals surface area (Å²) in [6, 6.07) is 9.23. The van der Waals surface area contributed by atoms with Crippen LogP contribution in [0, 0.1) is 6.92 Å². The first-order chi connectivity index (χ1) is 10.8. The van der Waals surface area contributed by atoms with Crippen LogP contribution < -0.4 is 5.32 Å². The van der Waals surface area contributed by atoms with Crippen LogP contribution in [0.25, 0.3) is 0 Å². The van der Waals surface area contributed by atoms with Crippen molar-refractivity contribution < 1.29 is 9.90 Å². The first kappa shape index (κ1) is 15.7. The Labute approximate surface area is 136 Å². The van der Waals surface area contributed by atoms with Gasteiger partial charge in [0.05, 0.1) is 17.7 Å². The third-order valence-corrected chi connectivity index (χ3v) is 4.25. The normalized spacial score (nSPS) is 20.4. The Bertz CT molecular complexity index is 743. The highest BCUT2D eigenvalue weighted by atomic mass is 16.3. The second-order valence-corrected chi connectivity index (χ2v) is 7.18. The standard InChI is InChI=1S/C18H23N3O2/c1-11-9-14(20-21(11)18(2,3)4)17(23)19-16-13-8-6-5-7-12(13)10-15(16)22/h5-9,15-16,22H,10H2,1-4H3,(H,19,23). The van der Waals surface area contributed by atoms with Crippen LogP contribution in [0.4, 0.5) is 0 Å². The van der Waals surface area contributed by atoms with Crippen molar-refractivity contribution in [1.29, 1.82) is 0 Å². The summed E-state index contributed by atoms with van der Waals surface area (Å²) in [6.07, 6.45) is -0.0292. The van der Waals surface area contributed by atoms with E-state index in [9.17, 15) is 9.90 Å². The van der Waals surface area contributed by atoms with E-state index < -0.39 is 6.10 Å². The topological polar surface area (TPSA) is 67.2 Å². The number of aliphatic hydroxyl groups is 1. The molecule has 1 aromatic carbocycles. The molecule has 0 saturated heterocycles. The van der Waals surface area contributed by atoms with Crippen LogP contribution in [0.3, 0.4) is 0 Å². The number of nitrogens with one attached hydrogen (secondary N) is 1. The molecule has 2 aromatic rings. The zero-order chi connectivity index (χ0) is 16.8. The number of fused-ring (bicyclic) bond motifs is 1. The summed E-state index contributed by atoms with van der Waals surface area (Å²) in [5.41, 5.74) is 3.22. The fourth-order valence-corrected chi connectivity index (χ4v) is 3.23. The number of hydrogen-bond acceptors (Lipinski definition) is 3. The van der Waals surface area contributed by atoms with Crippen molar-refractivity contribution in [1.82, 2.24) is 15.1 Å². The van der Waals surface area contributed by atoms with E-state index in [0.717, 1.165) is 16.8 Å². The van der Waals surface area contributed by atoms with Crippen molar-refractivity contribution >= 4 is 5.91 Å². The Kier molecular flexibility index (Phi) is 3.76. The highest BCUT2D eigenvalue weighted by Gasteiger charge is 2.32. The number of aliphatic hydroxyl groups excluding tert-OH is 1. The van der Waals surface area contributed by atoms with E-state index in [1.165, 1.54) is 0 Å². The number of aromatic nitrogens is 2. The second-order valence-electron chi connectivity index (χ2n) is 7.18. The first-order valence-corrected chi connectivity index (χ1v) is 7.91. The summed E-state index contributed by atoms with van der Waals surface area (Å²) in [5, 5.41) is 17.6. The summed E-state index contributed by atoms with van der Waals surface area (Å²) in [7, 11) is 0. The molecule has 5 heteroatoms. The Morgan fingerprint density at radius 1 is 1.35 bits per heavy atom. The molecule has 2 N–H and O–H groups in total. The molecule has 122 valence electrons. The fraction of sp³-hybridized carbons (Fsp3) is 0.444. The number of carbonyl (C=O) groups is 1. The van der Waals surface area contributed by atoms with Gasteiger partial charge < -0.3 is 10.4 Å². The van der Waals surface area contributed by atoms with Gasteiger partial charge in [0.2, 0.25) is 0 Å². The van der Waals surface area contributed by atoms with Crippen LogP contribution in [-0.2, 0) is 12.0 Å². The predicted octanol–water partition coefficient (Wildman–Crippen LogP) is 2.33. The zero-order valence-electron chi connectivity index (χ0n) is 14.0. The summed E-state index contributed by atoms with van der Waals surface area (Å²) in [5.74, 6) is -0.253. The van der Waals surface area contributed by atoms with Gasteiger partial charge in [0.15, 0.2) is 0 Å². The maximum atomic E-state index is 12.6. The average molecular weight is 313 g/mol. The van der Waals surface area contributed by atoms with Crippen LogP contribution in [0.2, 0.25) is 0 Å². The Morgan fingerprint density at radius 3 is 2.70 bits per heavy atom. The van der Waals surface area contributed by atoms with Crippen LogP contribution >= 0.6 is 0 Å². The molecule has 1 aliphatic carbocycles. The van der Waals surface area contributed by atoms with Crippen molar-refractivity contribution in [3.63, 3.8) is 0 Å². The summed E-state index contributed by atoms with van der Waals surface area (Å²) in [6.45, 7) is 8.08. The molecule has 1 heterocycles. The van der Waals surface area contributed by atoms with Gasteiger partial charge in [-0.15, -0.1) is 0 Å². The molecule has 2 unspecified atom stereocenters. The lowest BCUT2D eigenvalue weighted by molar-refractivity contribution is 0.0852. The van der Waals surface area contributed by atoms with Gasteiger partial charge in [0.1, 0.15) is 5.69 Å². The molecule has 5 nitrogen and oxygen atoms in total. The number of hydrogen-bond donors (Lipinski definition) is 2. The molecule has 1 aromatic heterocycles. The van der Waals surface area contributed by atoms with E-state index in [0.29, 0.717) is 12.1 Å². The largest absolute Gasteiger partial charge is 0.390 e. The second kappa shape index (κ2) is 5.49. The Morgan fingerprint density at radius 2 is 2.04 bits per heavy atom. The van der Waals surface area contributed by atoms with E-state index >= 15 is 0 Å². The number of carbonyl (C=O) groups excluding carboxylic acids is 1. The Hall–Kier alpha value is -2.14. The van der Waals surface area contributed by atoms with Crippen molar-refractivity contribution in [3.8, 4) is 0 Å². The molecule has 3 rings (SSSR count). The van der Waals surface area contributed by atoms with Crippen molar-refractivity contribution in [2.45, 2.75) is 51.8 Å².